The van der Waals surface area contributed by atoms with Crippen LogP contribution in [0, 0.1) is 0 Å². The van der Waals surface area contributed by atoms with E-state index < -0.39 is 0 Å². The number of rotatable bonds is 9. The van der Waals surface area contributed by atoms with Gasteiger partial charge in [0.05, 0.1) is 25.9 Å². The van der Waals surface area contributed by atoms with Gasteiger partial charge < -0.3 is 24.7 Å². The van der Waals surface area contributed by atoms with Crippen LogP contribution in [0.25, 0.3) is 0 Å². The lowest BCUT2D eigenvalue weighted by Crippen LogP contribution is -2.56. The molecule has 3 aliphatic rings. The molecule has 2 aliphatic heterocycles. The monoisotopic (exact) mass is 575 g/mol. The SMILES string of the molecule is CCc1nncn1CCNC(=NCC1(N2CCOCC2)CCCCC1)NCC1CCCO1.I. The molecule has 0 spiro atoms. The average molecular weight is 576 g/mol. The highest BCUT2D eigenvalue weighted by molar-refractivity contribution is 14.0. The third-order valence-electron chi connectivity index (χ3n) is 7.18. The minimum Gasteiger partial charge on any atom is -0.379 e. The van der Waals surface area contributed by atoms with Gasteiger partial charge in [0.1, 0.15) is 12.2 Å². The van der Waals surface area contributed by atoms with Crippen LogP contribution in [0.1, 0.15) is 57.7 Å². The number of ether oxygens (including phenoxy) is 2. The van der Waals surface area contributed by atoms with Gasteiger partial charge >= 0.3 is 0 Å². The highest BCUT2D eigenvalue weighted by Gasteiger charge is 2.38. The van der Waals surface area contributed by atoms with Crippen LogP contribution >= 0.6 is 24.0 Å². The van der Waals surface area contributed by atoms with Gasteiger partial charge in [-0.15, -0.1) is 34.2 Å². The number of aryl methyl sites for hydroxylation is 1. The largest absolute Gasteiger partial charge is 0.379 e. The van der Waals surface area contributed by atoms with Crippen molar-refractivity contribution in [2.24, 2.45) is 4.99 Å². The van der Waals surface area contributed by atoms with E-state index in [9.17, 15) is 0 Å². The highest BCUT2D eigenvalue weighted by Crippen LogP contribution is 2.34. The Morgan fingerprint density at radius 1 is 1.15 bits per heavy atom. The van der Waals surface area contributed by atoms with E-state index in [0.717, 1.165) is 90.1 Å². The van der Waals surface area contributed by atoms with Gasteiger partial charge in [-0.25, -0.2) is 0 Å². The Morgan fingerprint density at radius 2 is 1.97 bits per heavy atom. The molecule has 0 aromatic carbocycles. The first-order valence-corrected chi connectivity index (χ1v) is 12.6. The van der Waals surface area contributed by atoms with E-state index >= 15 is 0 Å². The first kappa shape index (κ1) is 26.6. The average Bonchev–Trinajstić information content (AvgIpc) is 3.53. The Labute approximate surface area is 215 Å². The quantitative estimate of drug-likeness (QED) is 0.265. The Bertz CT molecular complexity index is 711. The molecular weight excluding hydrogens is 533 g/mol. The Morgan fingerprint density at radius 3 is 2.70 bits per heavy atom. The molecule has 10 heteroatoms. The predicted octanol–water partition coefficient (Wildman–Crippen LogP) is 2.21. The van der Waals surface area contributed by atoms with E-state index in [1.165, 1.54) is 32.1 Å². The summed E-state index contributed by atoms with van der Waals surface area (Å²) in [7, 11) is 0. The number of guanidine groups is 1. The third-order valence-corrected chi connectivity index (χ3v) is 7.18. The van der Waals surface area contributed by atoms with Crippen LogP contribution in [0.15, 0.2) is 11.3 Å². The topological polar surface area (TPSA) is 88.8 Å². The van der Waals surface area contributed by atoms with Crippen molar-refractivity contribution in [2.45, 2.75) is 76.5 Å². The standard InChI is InChI=1S/C23H41N7O2.HI/c1-2-21-28-27-19-29(21)11-10-24-22(25-17-20-7-6-14-32-20)26-18-23(8-4-3-5-9-23)30-12-15-31-16-13-30;/h19-20H,2-18H2,1H3,(H2,24,25,26);1H. The highest BCUT2D eigenvalue weighted by atomic mass is 127. The van der Waals surface area contributed by atoms with Gasteiger partial charge in [0, 0.05) is 51.3 Å². The molecular formula is C23H42IN7O2. The maximum atomic E-state index is 5.82. The van der Waals surface area contributed by atoms with Crippen LogP contribution in [-0.4, -0.2) is 89.8 Å². The van der Waals surface area contributed by atoms with E-state index in [1.807, 2.05) is 6.33 Å². The Kier molecular flexibility index (Phi) is 11.1. The molecule has 3 fully saturated rings. The van der Waals surface area contributed by atoms with Crippen LogP contribution in [-0.2, 0) is 22.4 Å². The van der Waals surface area contributed by atoms with Crippen LogP contribution < -0.4 is 10.6 Å². The van der Waals surface area contributed by atoms with Crippen molar-refractivity contribution in [3.8, 4) is 0 Å². The summed E-state index contributed by atoms with van der Waals surface area (Å²) in [6.45, 7) is 9.96. The molecule has 1 aliphatic carbocycles. The van der Waals surface area contributed by atoms with Crippen LogP contribution in [0.3, 0.4) is 0 Å². The lowest BCUT2D eigenvalue weighted by Gasteiger charge is -2.47. The zero-order valence-electron chi connectivity index (χ0n) is 20.1. The van der Waals surface area contributed by atoms with Gasteiger partial charge in [-0.1, -0.05) is 26.2 Å². The van der Waals surface area contributed by atoms with Crippen molar-refractivity contribution < 1.29 is 9.47 Å². The summed E-state index contributed by atoms with van der Waals surface area (Å²) in [4.78, 5) is 7.79. The summed E-state index contributed by atoms with van der Waals surface area (Å²) in [6.07, 6.45) is 11.7. The van der Waals surface area contributed by atoms with Crippen LogP contribution in [0.5, 0.6) is 0 Å². The number of morpholine rings is 1. The van der Waals surface area contributed by atoms with E-state index in [-0.39, 0.29) is 35.6 Å². The number of aliphatic imine (C=N–C) groups is 1. The summed E-state index contributed by atoms with van der Waals surface area (Å²) in [5.74, 6) is 1.91. The van der Waals surface area contributed by atoms with E-state index in [0.29, 0.717) is 0 Å². The maximum Gasteiger partial charge on any atom is 0.191 e. The lowest BCUT2D eigenvalue weighted by atomic mass is 9.80. The summed E-state index contributed by atoms with van der Waals surface area (Å²) in [6, 6.07) is 0. The molecule has 0 amide bonds. The summed E-state index contributed by atoms with van der Waals surface area (Å²) >= 11 is 0. The maximum absolute atomic E-state index is 5.82. The minimum absolute atomic E-state index is 0. The molecule has 2 saturated heterocycles. The molecule has 0 bridgehead atoms. The van der Waals surface area contributed by atoms with Crippen LogP contribution in [0.4, 0.5) is 0 Å². The van der Waals surface area contributed by atoms with Crippen molar-refractivity contribution in [3.05, 3.63) is 12.2 Å². The van der Waals surface area contributed by atoms with Gasteiger partial charge in [0.15, 0.2) is 5.96 Å². The van der Waals surface area contributed by atoms with Gasteiger partial charge in [-0.3, -0.25) is 9.89 Å². The molecule has 1 saturated carbocycles. The molecule has 33 heavy (non-hydrogen) atoms. The second-order valence-electron chi connectivity index (χ2n) is 9.29. The molecule has 1 unspecified atom stereocenters. The number of nitrogens with zero attached hydrogens (tertiary/aromatic N) is 5. The zero-order valence-corrected chi connectivity index (χ0v) is 22.5. The smallest absolute Gasteiger partial charge is 0.191 e. The van der Waals surface area contributed by atoms with Crippen molar-refractivity contribution in [1.82, 2.24) is 30.3 Å². The van der Waals surface area contributed by atoms with Crippen molar-refractivity contribution in [3.63, 3.8) is 0 Å². The molecule has 2 N–H and O–H groups in total. The van der Waals surface area contributed by atoms with Crippen molar-refractivity contribution >= 4 is 29.9 Å². The fraction of sp³-hybridized carbons (Fsp3) is 0.870. The molecule has 1 atom stereocenters. The number of hydrogen-bond donors (Lipinski definition) is 2. The fourth-order valence-corrected chi connectivity index (χ4v) is 5.27. The zero-order chi connectivity index (χ0) is 22.1. The number of aromatic nitrogens is 3. The van der Waals surface area contributed by atoms with E-state index in [1.54, 1.807) is 0 Å². The molecule has 1 aromatic heterocycles. The molecule has 9 nitrogen and oxygen atoms in total. The normalized spacial score (nSPS) is 23.8. The van der Waals surface area contributed by atoms with Crippen molar-refractivity contribution in [2.75, 3.05) is 52.5 Å². The van der Waals surface area contributed by atoms with E-state index in [4.69, 9.17) is 14.5 Å². The summed E-state index contributed by atoms with van der Waals surface area (Å²) in [5.41, 5.74) is 0.171. The Hall–Kier alpha value is -0.980. The van der Waals surface area contributed by atoms with Gasteiger partial charge in [-0.2, -0.15) is 0 Å². The summed E-state index contributed by atoms with van der Waals surface area (Å²) in [5, 5.41) is 15.3. The molecule has 4 rings (SSSR count). The third kappa shape index (κ3) is 7.50. The molecule has 3 heterocycles. The second-order valence-corrected chi connectivity index (χ2v) is 9.29. The second kappa shape index (κ2) is 13.8. The first-order valence-electron chi connectivity index (χ1n) is 12.6. The van der Waals surface area contributed by atoms with Gasteiger partial charge in [0.2, 0.25) is 0 Å². The van der Waals surface area contributed by atoms with Gasteiger partial charge in [-0.05, 0) is 25.7 Å². The van der Waals surface area contributed by atoms with Crippen molar-refractivity contribution in [1.29, 1.82) is 0 Å². The predicted molar refractivity (Wildman–Crippen MR) is 140 cm³/mol. The minimum atomic E-state index is 0. The number of nitrogens with one attached hydrogen (secondary N) is 2. The fourth-order valence-electron chi connectivity index (χ4n) is 5.27. The lowest BCUT2D eigenvalue weighted by molar-refractivity contribution is -0.0333. The first-order chi connectivity index (χ1) is 15.8. The van der Waals surface area contributed by atoms with Gasteiger partial charge in [0.25, 0.3) is 0 Å². The molecule has 0 radical (unpaired) electrons. The Balaban J connectivity index is 0.00000306. The van der Waals surface area contributed by atoms with Crippen LogP contribution in [0.2, 0.25) is 0 Å². The number of hydrogen-bond acceptors (Lipinski definition) is 6. The van der Waals surface area contributed by atoms with E-state index in [2.05, 4.69) is 37.2 Å². The molecule has 188 valence electrons. The number of halogens is 1. The molecule has 1 aromatic rings. The summed E-state index contributed by atoms with van der Waals surface area (Å²) < 4.78 is 13.6.